The summed E-state index contributed by atoms with van der Waals surface area (Å²) in [6, 6.07) is 3.07. The van der Waals surface area contributed by atoms with Gasteiger partial charge in [0.05, 0.1) is 15.7 Å². The van der Waals surface area contributed by atoms with Crippen molar-refractivity contribution in [1.82, 2.24) is 5.32 Å². The van der Waals surface area contributed by atoms with Crippen molar-refractivity contribution in [1.29, 1.82) is 0 Å². The standard InChI is InChI=1S/C14H16Cl2N2O/c15-11-7-10(8-12(17)13(11)16)14(19)18-6-5-9-3-1-2-4-9/h3,7-8H,1-2,4-6,17H2,(H,18,19). The van der Waals surface area contributed by atoms with Crippen LogP contribution >= 0.6 is 23.2 Å². The van der Waals surface area contributed by atoms with Crippen LogP contribution in [-0.2, 0) is 0 Å². The maximum absolute atomic E-state index is 11.9. The Kier molecular flexibility index (Phi) is 4.72. The molecule has 0 aromatic heterocycles. The zero-order valence-electron chi connectivity index (χ0n) is 10.5. The third-order valence-corrected chi connectivity index (χ3v) is 4.00. The second-order valence-electron chi connectivity index (χ2n) is 4.62. The van der Waals surface area contributed by atoms with Crippen molar-refractivity contribution in [2.75, 3.05) is 12.3 Å². The van der Waals surface area contributed by atoms with E-state index in [0.29, 0.717) is 22.8 Å². The predicted molar refractivity (Wildman–Crippen MR) is 79.8 cm³/mol. The van der Waals surface area contributed by atoms with Gasteiger partial charge in [0.25, 0.3) is 5.91 Å². The molecule has 1 aromatic carbocycles. The van der Waals surface area contributed by atoms with E-state index in [9.17, 15) is 4.79 Å². The molecule has 3 nitrogen and oxygen atoms in total. The van der Waals surface area contributed by atoms with Gasteiger partial charge in [-0.3, -0.25) is 4.79 Å². The van der Waals surface area contributed by atoms with Gasteiger partial charge in [0.15, 0.2) is 0 Å². The third-order valence-electron chi connectivity index (χ3n) is 3.19. The first-order chi connectivity index (χ1) is 9.08. The van der Waals surface area contributed by atoms with Crippen LogP contribution in [0.2, 0.25) is 10.0 Å². The Balaban J connectivity index is 1.92. The van der Waals surface area contributed by atoms with Gasteiger partial charge in [-0.25, -0.2) is 0 Å². The second-order valence-corrected chi connectivity index (χ2v) is 5.41. The fourth-order valence-electron chi connectivity index (χ4n) is 2.14. The van der Waals surface area contributed by atoms with E-state index in [1.165, 1.54) is 18.1 Å². The summed E-state index contributed by atoms with van der Waals surface area (Å²) in [6.45, 7) is 0.630. The molecular weight excluding hydrogens is 283 g/mol. The molecule has 0 saturated carbocycles. The summed E-state index contributed by atoms with van der Waals surface area (Å²) in [6.07, 6.45) is 6.70. The maximum atomic E-state index is 11.9. The van der Waals surface area contributed by atoms with Crippen LogP contribution in [-0.4, -0.2) is 12.5 Å². The SMILES string of the molecule is Nc1cc(C(=O)NCCC2=CCCC2)cc(Cl)c1Cl. The van der Waals surface area contributed by atoms with Gasteiger partial charge in [-0.2, -0.15) is 0 Å². The predicted octanol–water partition coefficient (Wildman–Crippen LogP) is 3.81. The van der Waals surface area contributed by atoms with Crippen LogP contribution in [0.15, 0.2) is 23.8 Å². The molecule has 1 aliphatic carbocycles. The molecule has 102 valence electrons. The van der Waals surface area contributed by atoms with Crippen LogP contribution in [0, 0.1) is 0 Å². The number of amides is 1. The Morgan fingerprint density at radius 3 is 2.79 bits per heavy atom. The van der Waals surface area contributed by atoms with Crippen LogP contribution in [0.4, 0.5) is 5.69 Å². The lowest BCUT2D eigenvalue weighted by molar-refractivity contribution is 0.0954. The largest absolute Gasteiger partial charge is 0.397 e. The second kappa shape index (κ2) is 6.31. The lowest BCUT2D eigenvalue weighted by atomic mass is 10.1. The van der Waals surface area contributed by atoms with Crippen LogP contribution in [0.5, 0.6) is 0 Å². The Labute approximate surface area is 122 Å². The van der Waals surface area contributed by atoms with Crippen LogP contribution in [0.25, 0.3) is 0 Å². The minimum Gasteiger partial charge on any atom is -0.397 e. The summed E-state index contributed by atoms with van der Waals surface area (Å²) in [5, 5.41) is 3.45. The first-order valence-corrected chi connectivity index (χ1v) is 7.04. The number of allylic oxidation sites excluding steroid dienone is 1. The average molecular weight is 299 g/mol. The Hall–Kier alpha value is -1.19. The van der Waals surface area contributed by atoms with Crippen molar-refractivity contribution in [2.45, 2.75) is 25.7 Å². The van der Waals surface area contributed by atoms with Crippen molar-refractivity contribution in [3.63, 3.8) is 0 Å². The summed E-state index contributed by atoms with van der Waals surface area (Å²) in [7, 11) is 0. The van der Waals surface area contributed by atoms with E-state index in [1.807, 2.05) is 0 Å². The normalized spacial score (nSPS) is 14.3. The number of halogens is 2. The molecule has 0 heterocycles. The van der Waals surface area contributed by atoms with Gasteiger partial charge in [0, 0.05) is 12.1 Å². The molecule has 5 heteroatoms. The highest BCUT2D eigenvalue weighted by Gasteiger charge is 2.11. The van der Waals surface area contributed by atoms with E-state index < -0.39 is 0 Å². The van der Waals surface area contributed by atoms with Gasteiger partial charge in [0.2, 0.25) is 0 Å². The molecule has 3 N–H and O–H groups in total. The number of nitrogens with two attached hydrogens (primary N) is 1. The quantitative estimate of drug-likeness (QED) is 0.656. The summed E-state index contributed by atoms with van der Waals surface area (Å²) < 4.78 is 0. The number of anilines is 1. The molecule has 0 fully saturated rings. The number of carbonyl (C=O) groups is 1. The van der Waals surface area contributed by atoms with E-state index >= 15 is 0 Å². The van der Waals surface area contributed by atoms with E-state index in [0.717, 1.165) is 19.3 Å². The Morgan fingerprint density at radius 2 is 2.16 bits per heavy atom. The van der Waals surface area contributed by atoms with Gasteiger partial charge in [-0.05, 0) is 37.8 Å². The highest BCUT2D eigenvalue weighted by molar-refractivity contribution is 6.43. The molecule has 1 aliphatic rings. The number of hydrogen-bond donors (Lipinski definition) is 2. The molecule has 0 saturated heterocycles. The average Bonchev–Trinajstić information content (AvgIpc) is 2.88. The van der Waals surface area contributed by atoms with Crippen LogP contribution in [0.3, 0.4) is 0 Å². The number of nitrogen functional groups attached to an aromatic ring is 1. The summed E-state index contributed by atoms with van der Waals surface area (Å²) in [4.78, 5) is 11.9. The van der Waals surface area contributed by atoms with Crippen molar-refractivity contribution < 1.29 is 4.79 Å². The van der Waals surface area contributed by atoms with Gasteiger partial charge < -0.3 is 11.1 Å². The Bertz CT molecular complexity index is 503. The van der Waals surface area contributed by atoms with Crippen LogP contribution in [0.1, 0.15) is 36.0 Å². The molecule has 2 rings (SSSR count). The van der Waals surface area contributed by atoms with E-state index in [4.69, 9.17) is 28.9 Å². The highest BCUT2D eigenvalue weighted by atomic mass is 35.5. The van der Waals surface area contributed by atoms with Gasteiger partial charge in [-0.15, -0.1) is 0 Å². The van der Waals surface area contributed by atoms with Gasteiger partial charge in [0.1, 0.15) is 0 Å². The summed E-state index contributed by atoms with van der Waals surface area (Å²) in [5.74, 6) is -0.177. The molecule has 0 aliphatic heterocycles. The van der Waals surface area contributed by atoms with Crippen molar-refractivity contribution in [3.05, 3.63) is 39.4 Å². The first-order valence-electron chi connectivity index (χ1n) is 6.28. The first kappa shape index (κ1) is 14.2. The fraction of sp³-hybridized carbons (Fsp3) is 0.357. The zero-order valence-corrected chi connectivity index (χ0v) is 12.0. The van der Waals surface area contributed by atoms with E-state index in [1.54, 1.807) is 6.07 Å². The molecule has 0 spiro atoms. The minimum absolute atomic E-state index is 0.177. The number of hydrogen-bond acceptors (Lipinski definition) is 2. The molecule has 0 atom stereocenters. The number of nitrogens with one attached hydrogen (secondary N) is 1. The summed E-state index contributed by atoms with van der Waals surface area (Å²) in [5.41, 5.74) is 7.86. The number of benzene rings is 1. The maximum Gasteiger partial charge on any atom is 0.251 e. The highest BCUT2D eigenvalue weighted by Crippen LogP contribution is 2.29. The number of carbonyl (C=O) groups excluding carboxylic acids is 1. The van der Waals surface area contributed by atoms with Crippen molar-refractivity contribution in [2.24, 2.45) is 0 Å². The molecule has 0 unspecified atom stereocenters. The number of rotatable bonds is 4. The van der Waals surface area contributed by atoms with Gasteiger partial charge >= 0.3 is 0 Å². The van der Waals surface area contributed by atoms with Crippen LogP contribution < -0.4 is 11.1 Å². The zero-order chi connectivity index (χ0) is 13.8. The molecule has 19 heavy (non-hydrogen) atoms. The Morgan fingerprint density at radius 1 is 1.37 bits per heavy atom. The fourth-order valence-corrected chi connectivity index (χ4v) is 2.48. The van der Waals surface area contributed by atoms with Gasteiger partial charge in [-0.1, -0.05) is 34.9 Å². The third kappa shape index (κ3) is 3.64. The van der Waals surface area contributed by atoms with E-state index in [-0.39, 0.29) is 10.9 Å². The molecule has 1 amide bonds. The van der Waals surface area contributed by atoms with Crippen molar-refractivity contribution in [3.8, 4) is 0 Å². The monoisotopic (exact) mass is 298 g/mol. The summed E-state index contributed by atoms with van der Waals surface area (Å²) >= 11 is 11.7. The smallest absolute Gasteiger partial charge is 0.251 e. The van der Waals surface area contributed by atoms with Crippen molar-refractivity contribution >= 4 is 34.8 Å². The topological polar surface area (TPSA) is 55.1 Å². The molecule has 0 bridgehead atoms. The minimum atomic E-state index is -0.177. The lowest BCUT2D eigenvalue weighted by Gasteiger charge is -2.08. The molecule has 1 aromatic rings. The molecular formula is C14H16Cl2N2O. The van der Waals surface area contributed by atoms with E-state index in [2.05, 4.69) is 11.4 Å². The molecule has 0 radical (unpaired) electrons. The lowest BCUT2D eigenvalue weighted by Crippen LogP contribution is -2.24.